The Hall–Kier alpha value is -1.52. The van der Waals surface area contributed by atoms with Crippen LogP contribution in [-0.2, 0) is 0 Å². The Bertz CT molecular complexity index is 352. The topological polar surface area (TPSA) is 56.0 Å². The van der Waals surface area contributed by atoms with Crippen molar-refractivity contribution in [1.82, 2.24) is 24.6 Å². The lowest BCUT2D eigenvalue weighted by molar-refractivity contribution is 0.836. The molecule has 2 heterocycles. The summed E-state index contributed by atoms with van der Waals surface area (Å²) in [5.41, 5.74) is 0. The Balaban J connectivity index is 2.95. The normalized spacial score (nSPS) is 10.5. The van der Waals surface area contributed by atoms with E-state index in [1.54, 1.807) is 4.52 Å². The van der Waals surface area contributed by atoms with Gasteiger partial charge in [-0.1, -0.05) is 0 Å². The van der Waals surface area contributed by atoms with Crippen molar-refractivity contribution in [2.45, 2.75) is 6.92 Å². The zero-order valence-corrected chi connectivity index (χ0v) is 5.39. The van der Waals surface area contributed by atoms with Gasteiger partial charge in [-0.3, -0.25) is 0 Å². The number of hydrogen-bond donors (Lipinski definition) is 0. The molecule has 2 aromatic rings. The van der Waals surface area contributed by atoms with Gasteiger partial charge in [-0.25, -0.2) is 4.98 Å². The summed E-state index contributed by atoms with van der Waals surface area (Å²) < 4.78 is 1.58. The molecule has 10 heavy (non-hydrogen) atoms. The van der Waals surface area contributed by atoms with Crippen molar-refractivity contribution < 1.29 is 0 Å². The molecule has 0 bridgehead atoms. The highest BCUT2D eigenvalue weighted by molar-refractivity contribution is 5.22. The minimum atomic E-state index is 0.590. The molecule has 0 aliphatic rings. The van der Waals surface area contributed by atoms with Gasteiger partial charge >= 0.3 is 0 Å². The van der Waals surface area contributed by atoms with E-state index >= 15 is 0 Å². The maximum absolute atomic E-state index is 3.93. The molecule has 0 amide bonds. The van der Waals surface area contributed by atoms with Crippen molar-refractivity contribution in [1.29, 1.82) is 0 Å². The van der Waals surface area contributed by atoms with E-state index in [-0.39, 0.29) is 0 Å². The van der Waals surface area contributed by atoms with E-state index in [0.717, 1.165) is 5.82 Å². The van der Waals surface area contributed by atoms with Crippen LogP contribution in [0.5, 0.6) is 0 Å². The van der Waals surface area contributed by atoms with E-state index in [1.165, 1.54) is 12.7 Å². The Morgan fingerprint density at radius 2 is 2.00 bits per heavy atom. The van der Waals surface area contributed by atoms with Gasteiger partial charge in [0, 0.05) is 0 Å². The third-order valence-corrected chi connectivity index (χ3v) is 1.25. The second-order valence-corrected chi connectivity index (χ2v) is 1.89. The fourth-order valence-electron chi connectivity index (χ4n) is 0.770. The van der Waals surface area contributed by atoms with Gasteiger partial charge in [0.1, 0.15) is 18.5 Å². The second kappa shape index (κ2) is 1.73. The molecule has 0 aromatic carbocycles. The first-order chi connectivity index (χ1) is 4.88. The molecule has 0 atom stereocenters. The lowest BCUT2D eigenvalue weighted by Gasteiger charge is -1.91. The molecule has 0 N–H and O–H groups in total. The van der Waals surface area contributed by atoms with Gasteiger partial charge in [0.15, 0.2) is 0 Å². The lowest BCUT2D eigenvalue weighted by atomic mass is 10.7. The predicted octanol–water partition coefficient (Wildman–Crippen LogP) is -0.172. The number of nitrogens with zero attached hydrogens (tertiary/aromatic N) is 5. The summed E-state index contributed by atoms with van der Waals surface area (Å²) in [6.07, 6.45) is 2.93. The van der Waals surface area contributed by atoms with E-state index in [4.69, 9.17) is 0 Å². The highest BCUT2D eigenvalue weighted by atomic mass is 15.3. The molecule has 0 saturated carbocycles. The van der Waals surface area contributed by atoms with Crippen LogP contribution in [-0.4, -0.2) is 24.6 Å². The summed E-state index contributed by atoms with van der Waals surface area (Å²) in [4.78, 5) is 11.7. The molecule has 2 aromatic heterocycles. The standard InChI is InChI=1S/C5H5N5/c1-4-6-2-7-5-8-3-9-10(4)5/h2-3H,1H3. The van der Waals surface area contributed by atoms with Crippen LogP contribution in [0, 0.1) is 6.92 Å². The first kappa shape index (κ1) is 5.28. The van der Waals surface area contributed by atoms with Crippen LogP contribution in [0.1, 0.15) is 5.82 Å². The molecule has 0 unspecified atom stereocenters. The van der Waals surface area contributed by atoms with Gasteiger partial charge in [-0.05, 0) is 6.92 Å². The maximum atomic E-state index is 3.93. The van der Waals surface area contributed by atoms with Crippen molar-refractivity contribution in [3.05, 3.63) is 18.5 Å². The van der Waals surface area contributed by atoms with Crippen LogP contribution in [0.25, 0.3) is 5.78 Å². The van der Waals surface area contributed by atoms with Gasteiger partial charge in [0.05, 0.1) is 0 Å². The molecular formula is C5H5N5. The number of fused-ring (bicyclic) bond motifs is 1. The minimum absolute atomic E-state index is 0.590. The van der Waals surface area contributed by atoms with Crippen molar-refractivity contribution in [3.8, 4) is 0 Å². The summed E-state index contributed by atoms with van der Waals surface area (Å²) in [6.45, 7) is 1.85. The molecule has 0 radical (unpaired) electrons. The average molecular weight is 135 g/mol. The van der Waals surface area contributed by atoms with Crippen LogP contribution in [0.15, 0.2) is 12.7 Å². The summed E-state index contributed by atoms with van der Waals surface area (Å²) >= 11 is 0. The number of hydrogen-bond acceptors (Lipinski definition) is 4. The van der Waals surface area contributed by atoms with E-state index in [0.29, 0.717) is 5.78 Å². The number of aryl methyl sites for hydroxylation is 1. The Labute approximate surface area is 56.8 Å². The Kier molecular flexibility index (Phi) is 0.913. The van der Waals surface area contributed by atoms with Gasteiger partial charge in [-0.15, -0.1) is 0 Å². The summed E-state index contributed by atoms with van der Waals surface area (Å²) in [6, 6.07) is 0. The van der Waals surface area contributed by atoms with Crippen LogP contribution in [0.3, 0.4) is 0 Å². The number of aromatic nitrogens is 5. The largest absolute Gasteiger partial charge is 0.255 e. The SMILES string of the molecule is Cc1ncnc2ncnn12. The van der Waals surface area contributed by atoms with Crippen molar-refractivity contribution in [3.63, 3.8) is 0 Å². The molecular weight excluding hydrogens is 130 g/mol. The van der Waals surface area contributed by atoms with Crippen LogP contribution in [0.4, 0.5) is 0 Å². The van der Waals surface area contributed by atoms with Gasteiger partial charge < -0.3 is 0 Å². The van der Waals surface area contributed by atoms with Gasteiger partial charge in [0.2, 0.25) is 0 Å². The third-order valence-electron chi connectivity index (χ3n) is 1.25. The molecule has 0 spiro atoms. The van der Waals surface area contributed by atoms with Crippen LogP contribution >= 0.6 is 0 Å². The van der Waals surface area contributed by atoms with Gasteiger partial charge in [0.25, 0.3) is 5.78 Å². The third kappa shape index (κ3) is 0.570. The van der Waals surface area contributed by atoms with E-state index in [9.17, 15) is 0 Å². The number of rotatable bonds is 0. The highest BCUT2D eigenvalue weighted by Gasteiger charge is 1.96. The quantitative estimate of drug-likeness (QED) is 0.503. The van der Waals surface area contributed by atoms with Crippen molar-refractivity contribution in [2.75, 3.05) is 0 Å². The zero-order chi connectivity index (χ0) is 6.97. The molecule has 5 nitrogen and oxygen atoms in total. The average Bonchev–Trinajstić information content (AvgIpc) is 2.36. The summed E-state index contributed by atoms with van der Waals surface area (Å²) in [7, 11) is 0. The lowest BCUT2D eigenvalue weighted by Crippen LogP contribution is -1.97. The fourth-order valence-corrected chi connectivity index (χ4v) is 0.770. The summed E-state index contributed by atoms with van der Waals surface area (Å²) in [5.74, 6) is 1.38. The van der Waals surface area contributed by atoms with Crippen molar-refractivity contribution >= 4 is 5.78 Å². The molecule has 0 saturated heterocycles. The molecule has 0 aliphatic carbocycles. The van der Waals surface area contributed by atoms with E-state index < -0.39 is 0 Å². The highest BCUT2D eigenvalue weighted by Crippen LogP contribution is 1.92. The zero-order valence-electron chi connectivity index (χ0n) is 5.39. The van der Waals surface area contributed by atoms with Crippen molar-refractivity contribution in [2.24, 2.45) is 0 Å². The fraction of sp³-hybridized carbons (Fsp3) is 0.200. The molecule has 2 rings (SSSR count). The predicted molar refractivity (Wildman–Crippen MR) is 33.3 cm³/mol. The first-order valence-corrected chi connectivity index (χ1v) is 2.85. The molecule has 0 fully saturated rings. The summed E-state index contributed by atoms with van der Waals surface area (Å²) in [5, 5.41) is 3.90. The monoisotopic (exact) mass is 135 g/mol. The minimum Gasteiger partial charge on any atom is -0.222 e. The molecule has 50 valence electrons. The first-order valence-electron chi connectivity index (χ1n) is 2.85. The Morgan fingerprint density at radius 3 is 2.80 bits per heavy atom. The van der Waals surface area contributed by atoms with E-state index in [1.807, 2.05) is 6.92 Å². The smallest absolute Gasteiger partial charge is 0.222 e. The van der Waals surface area contributed by atoms with Crippen LogP contribution in [0.2, 0.25) is 0 Å². The second-order valence-electron chi connectivity index (χ2n) is 1.89. The molecule has 5 heteroatoms. The molecule has 0 aliphatic heterocycles. The maximum Gasteiger partial charge on any atom is 0.255 e. The van der Waals surface area contributed by atoms with Crippen LogP contribution < -0.4 is 0 Å². The Morgan fingerprint density at radius 1 is 1.20 bits per heavy atom. The van der Waals surface area contributed by atoms with E-state index in [2.05, 4.69) is 20.1 Å². The van der Waals surface area contributed by atoms with Gasteiger partial charge in [-0.2, -0.15) is 19.6 Å².